The van der Waals surface area contributed by atoms with E-state index in [-0.39, 0.29) is 5.91 Å². The standard InChI is InChI=1S/C13H14ClNO2/c1-11(16)15-10-12-4-6-13(7-5-12)17-9-3-2-8-14/h4-7H,8-10H2,1H3,(H,15,16). The summed E-state index contributed by atoms with van der Waals surface area (Å²) in [5.74, 6) is 6.51. The van der Waals surface area contributed by atoms with Crippen LogP contribution in [0.25, 0.3) is 0 Å². The van der Waals surface area contributed by atoms with Gasteiger partial charge in [0.15, 0.2) is 0 Å². The van der Waals surface area contributed by atoms with Crippen molar-refractivity contribution >= 4 is 17.5 Å². The average Bonchev–Trinajstić information content (AvgIpc) is 2.33. The van der Waals surface area contributed by atoms with E-state index in [4.69, 9.17) is 16.3 Å². The number of nitrogens with one attached hydrogen (secondary N) is 1. The zero-order valence-corrected chi connectivity index (χ0v) is 10.4. The van der Waals surface area contributed by atoms with Crippen LogP contribution < -0.4 is 10.1 Å². The molecule has 0 saturated carbocycles. The molecular formula is C13H14ClNO2. The normalized spacial score (nSPS) is 9.06. The van der Waals surface area contributed by atoms with Crippen molar-refractivity contribution in [2.75, 3.05) is 12.5 Å². The summed E-state index contributed by atoms with van der Waals surface area (Å²) in [4.78, 5) is 10.7. The minimum Gasteiger partial charge on any atom is -0.481 e. The van der Waals surface area contributed by atoms with Crippen LogP contribution in [0, 0.1) is 11.8 Å². The van der Waals surface area contributed by atoms with Crippen LogP contribution in [0.3, 0.4) is 0 Å². The Morgan fingerprint density at radius 1 is 1.35 bits per heavy atom. The van der Waals surface area contributed by atoms with Crippen LogP contribution in [0.1, 0.15) is 12.5 Å². The summed E-state index contributed by atoms with van der Waals surface area (Å²) < 4.78 is 5.37. The van der Waals surface area contributed by atoms with Gasteiger partial charge in [-0.25, -0.2) is 0 Å². The molecule has 0 radical (unpaired) electrons. The first-order valence-electron chi connectivity index (χ1n) is 5.20. The number of hydrogen-bond donors (Lipinski definition) is 1. The maximum atomic E-state index is 10.7. The van der Waals surface area contributed by atoms with Crippen molar-refractivity contribution in [2.45, 2.75) is 13.5 Å². The molecule has 0 fully saturated rings. The van der Waals surface area contributed by atoms with Crippen molar-refractivity contribution in [3.8, 4) is 17.6 Å². The van der Waals surface area contributed by atoms with Crippen LogP contribution in [-0.4, -0.2) is 18.4 Å². The molecule has 1 aromatic carbocycles. The molecule has 0 aliphatic carbocycles. The highest BCUT2D eigenvalue weighted by Gasteiger charge is 1.96. The first kappa shape index (κ1) is 13.4. The van der Waals surface area contributed by atoms with Crippen LogP contribution in [-0.2, 0) is 11.3 Å². The van der Waals surface area contributed by atoms with Gasteiger partial charge >= 0.3 is 0 Å². The van der Waals surface area contributed by atoms with Gasteiger partial charge in [0.1, 0.15) is 12.4 Å². The quantitative estimate of drug-likeness (QED) is 0.656. The number of amides is 1. The number of carbonyl (C=O) groups is 1. The van der Waals surface area contributed by atoms with Gasteiger partial charge in [0.25, 0.3) is 0 Å². The molecule has 1 rings (SSSR count). The van der Waals surface area contributed by atoms with E-state index in [1.54, 1.807) is 0 Å². The lowest BCUT2D eigenvalue weighted by Gasteiger charge is -2.05. The summed E-state index contributed by atoms with van der Waals surface area (Å²) in [6.45, 7) is 2.35. The maximum Gasteiger partial charge on any atom is 0.217 e. The summed E-state index contributed by atoms with van der Waals surface area (Å²) >= 11 is 5.40. The summed E-state index contributed by atoms with van der Waals surface area (Å²) in [6, 6.07) is 7.50. The Bertz CT molecular complexity index is 417. The van der Waals surface area contributed by atoms with E-state index in [9.17, 15) is 4.79 Å². The van der Waals surface area contributed by atoms with E-state index < -0.39 is 0 Å². The molecule has 4 heteroatoms. The monoisotopic (exact) mass is 251 g/mol. The van der Waals surface area contributed by atoms with E-state index >= 15 is 0 Å². The van der Waals surface area contributed by atoms with Crippen LogP contribution in [0.15, 0.2) is 24.3 Å². The lowest BCUT2D eigenvalue weighted by Crippen LogP contribution is -2.18. The minimum atomic E-state index is -0.0401. The van der Waals surface area contributed by atoms with Crippen LogP contribution in [0.2, 0.25) is 0 Å². The van der Waals surface area contributed by atoms with E-state index in [0.29, 0.717) is 19.0 Å². The lowest BCUT2D eigenvalue weighted by molar-refractivity contribution is -0.119. The smallest absolute Gasteiger partial charge is 0.217 e. The Kier molecular flexibility index (Phi) is 5.98. The van der Waals surface area contributed by atoms with E-state index in [2.05, 4.69) is 17.2 Å². The van der Waals surface area contributed by atoms with Crippen LogP contribution in [0.4, 0.5) is 0 Å². The zero-order chi connectivity index (χ0) is 12.5. The molecule has 0 bridgehead atoms. The Labute approximate surface area is 106 Å². The number of carbonyl (C=O) groups excluding carboxylic acids is 1. The summed E-state index contributed by atoms with van der Waals surface area (Å²) in [5.41, 5.74) is 1.03. The number of ether oxygens (including phenoxy) is 1. The molecule has 0 spiro atoms. The fourth-order valence-corrected chi connectivity index (χ4v) is 1.24. The van der Waals surface area contributed by atoms with Gasteiger partial charge in [-0.15, -0.1) is 11.6 Å². The first-order valence-corrected chi connectivity index (χ1v) is 5.73. The second-order valence-electron chi connectivity index (χ2n) is 3.33. The van der Waals surface area contributed by atoms with Gasteiger partial charge in [-0.05, 0) is 17.7 Å². The Morgan fingerprint density at radius 3 is 2.65 bits per heavy atom. The third-order valence-corrected chi connectivity index (χ3v) is 2.10. The van der Waals surface area contributed by atoms with Crippen LogP contribution in [0.5, 0.6) is 5.75 Å². The molecule has 90 valence electrons. The number of benzene rings is 1. The van der Waals surface area contributed by atoms with Crippen molar-refractivity contribution in [3.63, 3.8) is 0 Å². The molecule has 0 aromatic heterocycles. The molecule has 0 saturated heterocycles. The Morgan fingerprint density at radius 2 is 2.06 bits per heavy atom. The number of rotatable bonds is 4. The molecular weight excluding hydrogens is 238 g/mol. The van der Waals surface area contributed by atoms with Gasteiger partial charge < -0.3 is 10.1 Å². The molecule has 3 nitrogen and oxygen atoms in total. The van der Waals surface area contributed by atoms with Crippen molar-refractivity contribution in [1.82, 2.24) is 5.32 Å². The molecule has 1 N–H and O–H groups in total. The number of alkyl halides is 1. The Hall–Kier alpha value is -1.66. The molecule has 0 unspecified atom stereocenters. The highest BCUT2D eigenvalue weighted by atomic mass is 35.5. The molecule has 0 aliphatic rings. The SMILES string of the molecule is CC(=O)NCc1ccc(OCC#CCCl)cc1. The van der Waals surface area contributed by atoms with Gasteiger partial charge in [0.2, 0.25) is 5.91 Å². The van der Waals surface area contributed by atoms with Gasteiger partial charge in [-0.3, -0.25) is 4.79 Å². The fraction of sp³-hybridized carbons (Fsp3) is 0.308. The molecule has 17 heavy (non-hydrogen) atoms. The van der Waals surface area contributed by atoms with Gasteiger partial charge in [0, 0.05) is 13.5 Å². The highest BCUT2D eigenvalue weighted by molar-refractivity contribution is 6.19. The molecule has 0 heterocycles. The van der Waals surface area contributed by atoms with Crippen molar-refractivity contribution in [1.29, 1.82) is 0 Å². The third-order valence-electron chi connectivity index (χ3n) is 1.97. The number of hydrogen-bond acceptors (Lipinski definition) is 2. The second-order valence-corrected chi connectivity index (χ2v) is 3.60. The summed E-state index contributed by atoms with van der Waals surface area (Å²) in [6.07, 6.45) is 0. The number of halogens is 1. The third kappa shape index (κ3) is 5.84. The minimum absolute atomic E-state index is 0.0401. The van der Waals surface area contributed by atoms with Gasteiger partial charge in [-0.1, -0.05) is 24.0 Å². The second kappa shape index (κ2) is 7.59. The first-order chi connectivity index (χ1) is 8.22. The largest absolute Gasteiger partial charge is 0.481 e. The average molecular weight is 252 g/mol. The predicted octanol–water partition coefficient (Wildman–Crippen LogP) is 1.94. The van der Waals surface area contributed by atoms with Crippen LogP contribution >= 0.6 is 11.6 Å². The van der Waals surface area contributed by atoms with E-state index in [0.717, 1.165) is 11.3 Å². The van der Waals surface area contributed by atoms with Crippen molar-refractivity contribution in [3.05, 3.63) is 29.8 Å². The van der Waals surface area contributed by atoms with Gasteiger partial charge in [-0.2, -0.15) is 0 Å². The van der Waals surface area contributed by atoms with Gasteiger partial charge in [0.05, 0.1) is 5.88 Å². The molecule has 1 aromatic rings. The van der Waals surface area contributed by atoms with Crippen molar-refractivity contribution in [2.24, 2.45) is 0 Å². The topological polar surface area (TPSA) is 38.3 Å². The zero-order valence-electron chi connectivity index (χ0n) is 9.63. The fourth-order valence-electron chi connectivity index (χ4n) is 1.15. The molecule has 1 amide bonds. The van der Waals surface area contributed by atoms with E-state index in [1.807, 2.05) is 24.3 Å². The predicted molar refractivity (Wildman–Crippen MR) is 68.0 cm³/mol. The van der Waals surface area contributed by atoms with E-state index in [1.165, 1.54) is 6.92 Å². The van der Waals surface area contributed by atoms with Crippen molar-refractivity contribution < 1.29 is 9.53 Å². The summed E-state index contributed by atoms with van der Waals surface area (Å²) in [7, 11) is 0. The maximum absolute atomic E-state index is 10.7. The Balaban J connectivity index is 2.41. The highest BCUT2D eigenvalue weighted by Crippen LogP contribution is 2.11. The molecule has 0 aliphatic heterocycles. The molecule has 0 atom stereocenters. The summed E-state index contributed by atoms with van der Waals surface area (Å²) in [5, 5.41) is 2.72. The lowest BCUT2D eigenvalue weighted by atomic mass is 10.2.